The molecule has 0 unspecified atom stereocenters. The summed E-state index contributed by atoms with van der Waals surface area (Å²) in [5, 5.41) is 12.6. The van der Waals surface area contributed by atoms with Crippen LogP contribution in [0.15, 0.2) is 12.7 Å². The highest BCUT2D eigenvalue weighted by molar-refractivity contribution is 4.80. The van der Waals surface area contributed by atoms with Gasteiger partial charge in [0.2, 0.25) is 0 Å². The van der Waals surface area contributed by atoms with Gasteiger partial charge in [0.15, 0.2) is 0 Å². The normalized spacial score (nSPS) is 30.6. The number of hydrogen-bond acceptors (Lipinski definition) is 2. The Morgan fingerprint density at radius 3 is 2.91 bits per heavy atom. The second kappa shape index (κ2) is 4.52. The summed E-state index contributed by atoms with van der Waals surface area (Å²) in [5.74, 6) is 0.481. The molecule has 0 aromatic heterocycles. The van der Waals surface area contributed by atoms with Gasteiger partial charge in [0.1, 0.15) is 0 Å². The molecule has 1 saturated heterocycles. The number of nitrogens with one attached hydrogen (secondary N) is 1. The first-order chi connectivity index (χ1) is 5.34. The molecule has 11 heavy (non-hydrogen) atoms. The van der Waals surface area contributed by atoms with Crippen molar-refractivity contribution in [2.45, 2.75) is 25.4 Å². The average molecular weight is 155 g/mol. The molecule has 0 radical (unpaired) electrons. The molecule has 0 aromatic carbocycles. The highest BCUT2D eigenvalue weighted by atomic mass is 16.3. The first kappa shape index (κ1) is 8.75. The summed E-state index contributed by atoms with van der Waals surface area (Å²) in [6.07, 6.45) is 5.19. The van der Waals surface area contributed by atoms with Crippen LogP contribution in [0.1, 0.15) is 19.3 Å². The molecule has 2 atom stereocenters. The lowest BCUT2D eigenvalue weighted by atomic mass is 9.99. The molecule has 1 fully saturated rings. The second-order valence-electron chi connectivity index (χ2n) is 3.21. The Labute approximate surface area is 68.3 Å². The number of aliphatic hydroxyl groups excluding tert-OH is 1. The Balaban J connectivity index is 2.10. The van der Waals surface area contributed by atoms with E-state index in [2.05, 4.69) is 11.9 Å². The van der Waals surface area contributed by atoms with Crippen molar-refractivity contribution in [1.82, 2.24) is 5.32 Å². The molecular formula is C9H17NO. The molecule has 2 nitrogen and oxygen atoms in total. The van der Waals surface area contributed by atoms with Crippen LogP contribution in [0.5, 0.6) is 0 Å². The van der Waals surface area contributed by atoms with Gasteiger partial charge in [-0.2, -0.15) is 0 Å². The summed E-state index contributed by atoms with van der Waals surface area (Å²) in [5.41, 5.74) is 0. The van der Waals surface area contributed by atoms with Crippen LogP contribution in [0.3, 0.4) is 0 Å². The molecule has 2 N–H and O–H groups in total. The van der Waals surface area contributed by atoms with Crippen molar-refractivity contribution in [2.24, 2.45) is 5.92 Å². The third-order valence-electron chi connectivity index (χ3n) is 2.29. The van der Waals surface area contributed by atoms with E-state index in [0.29, 0.717) is 5.92 Å². The van der Waals surface area contributed by atoms with Crippen molar-refractivity contribution in [3.63, 3.8) is 0 Å². The first-order valence-corrected chi connectivity index (χ1v) is 4.34. The Morgan fingerprint density at radius 1 is 1.55 bits per heavy atom. The smallest absolute Gasteiger partial charge is 0.0704 e. The molecule has 2 heteroatoms. The van der Waals surface area contributed by atoms with Gasteiger partial charge in [-0.3, -0.25) is 0 Å². The largest absolute Gasteiger partial charge is 0.391 e. The quantitative estimate of drug-likeness (QED) is 0.467. The van der Waals surface area contributed by atoms with Crippen molar-refractivity contribution in [3.8, 4) is 0 Å². The van der Waals surface area contributed by atoms with E-state index in [-0.39, 0.29) is 6.10 Å². The van der Waals surface area contributed by atoms with Crippen LogP contribution in [0, 0.1) is 5.92 Å². The monoisotopic (exact) mass is 155 g/mol. The molecule has 0 aliphatic carbocycles. The summed E-state index contributed by atoms with van der Waals surface area (Å²) in [6.45, 7) is 5.43. The van der Waals surface area contributed by atoms with Gasteiger partial charge < -0.3 is 10.4 Å². The van der Waals surface area contributed by atoms with Crippen LogP contribution < -0.4 is 5.32 Å². The van der Waals surface area contributed by atoms with Crippen LogP contribution >= 0.6 is 0 Å². The molecule has 0 saturated carbocycles. The number of rotatable bonds is 4. The van der Waals surface area contributed by atoms with E-state index < -0.39 is 0 Å². The van der Waals surface area contributed by atoms with Crippen LogP contribution in [-0.4, -0.2) is 24.3 Å². The van der Waals surface area contributed by atoms with Crippen molar-refractivity contribution >= 4 is 0 Å². The maximum atomic E-state index is 9.40. The minimum atomic E-state index is -0.111. The van der Waals surface area contributed by atoms with Gasteiger partial charge in [0.05, 0.1) is 6.10 Å². The predicted molar refractivity (Wildman–Crippen MR) is 46.4 cm³/mol. The second-order valence-corrected chi connectivity index (χ2v) is 3.21. The standard InChI is InChI=1S/C9H17NO/c1-2-3-4-5-8-6-10-7-9(8)11/h2,8-11H,1,3-7H2/t8-,9-/m1/s1. The Morgan fingerprint density at radius 2 is 2.36 bits per heavy atom. The molecule has 0 amide bonds. The zero-order chi connectivity index (χ0) is 8.10. The summed E-state index contributed by atoms with van der Waals surface area (Å²) in [7, 11) is 0. The zero-order valence-corrected chi connectivity index (χ0v) is 6.92. The topological polar surface area (TPSA) is 32.3 Å². The van der Waals surface area contributed by atoms with Crippen LogP contribution in [-0.2, 0) is 0 Å². The van der Waals surface area contributed by atoms with E-state index in [1.165, 1.54) is 0 Å². The molecule has 1 aliphatic heterocycles. The lowest BCUT2D eigenvalue weighted by Gasteiger charge is -2.11. The van der Waals surface area contributed by atoms with E-state index in [9.17, 15) is 5.11 Å². The van der Waals surface area contributed by atoms with Crippen LogP contribution in [0.25, 0.3) is 0 Å². The molecule has 0 bridgehead atoms. The lowest BCUT2D eigenvalue weighted by Crippen LogP contribution is -2.17. The average Bonchev–Trinajstić information content (AvgIpc) is 2.37. The Hall–Kier alpha value is -0.340. The van der Waals surface area contributed by atoms with Gasteiger partial charge in [-0.15, -0.1) is 6.58 Å². The maximum absolute atomic E-state index is 9.40. The predicted octanol–water partition coefficient (Wildman–Crippen LogP) is 0.923. The van der Waals surface area contributed by atoms with Gasteiger partial charge in [0, 0.05) is 13.1 Å². The third kappa shape index (κ3) is 2.64. The fourth-order valence-corrected chi connectivity index (χ4v) is 1.54. The van der Waals surface area contributed by atoms with Crippen molar-refractivity contribution in [1.29, 1.82) is 0 Å². The molecule has 0 aromatic rings. The van der Waals surface area contributed by atoms with E-state index in [1.54, 1.807) is 0 Å². The summed E-state index contributed by atoms with van der Waals surface area (Å²) >= 11 is 0. The summed E-state index contributed by atoms with van der Waals surface area (Å²) in [4.78, 5) is 0. The molecule has 0 spiro atoms. The van der Waals surface area contributed by atoms with Crippen molar-refractivity contribution in [2.75, 3.05) is 13.1 Å². The maximum Gasteiger partial charge on any atom is 0.0704 e. The zero-order valence-electron chi connectivity index (χ0n) is 6.92. The summed E-state index contributed by atoms with van der Waals surface area (Å²) < 4.78 is 0. The third-order valence-corrected chi connectivity index (χ3v) is 2.29. The fourth-order valence-electron chi connectivity index (χ4n) is 1.54. The van der Waals surface area contributed by atoms with Crippen LogP contribution in [0.2, 0.25) is 0 Å². The Bertz CT molecular complexity index is 125. The number of allylic oxidation sites excluding steroid dienone is 1. The van der Waals surface area contributed by atoms with E-state index >= 15 is 0 Å². The van der Waals surface area contributed by atoms with Crippen molar-refractivity contribution < 1.29 is 5.11 Å². The highest BCUT2D eigenvalue weighted by Crippen LogP contribution is 2.16. The highest BCUT2D eigenvalue weighted by Gasteiger charge is 2.23. The number of hydrogen-bond donors (Lipinski definition) is 2. The Kier molecular flexibility index (Phi) is 3.60. The minimum absolute atomic E-state index is 0.111. The summed E-state index contributed by atoms with van der Waals surface area (Å²) in [6, 6.07) is 0. The van der Waals surface area contributed by atoms with Gasteiger partial charge in [0.25, 0.3) is 0 Å². The van der Waals surface area contributed by atoms with E-state index in [4.69, 9.17) is 0 Å². The molecule has 1 rings (SSSR count). The molecule has 64 valence electrons. The van der Waals surface area contributed by atoms with Gasteiger partial charge in [-0.25, -0.2) is 0 Å². The van der Waals surface area contributed by atoms with Crippen molar-refractivity contribution in [3.05, 3.63) is 12.7 Å². The lowest BCUT2D eigenvalue weighted by molar-refractivity contribution is 0.142. The molecular weight excluding hydrogens is 138 g/mol. The number of aliphatic hydroxyl groups is 1. The van der Waals surface area contributed by atoms with E-state index in [0.717, 1.165) is 32.4 Å². The first-order valence-electron chi connectivity index (χ1n) is 4.34. The van der Waals surface area contributed by atoms with Gasteiger partial charge in [-0.05, 0) is 25.2 Å². The number of β-amino-alcohol motifs (C(OH)–C–C–N with tert-alkyl or cyclic N) is 1. The van der Waals surface area contributed by atoms with Gasteiger partial charge in [-0.1, -0.05) is 6.08 Å². The molecule has 1 heterocycles. The fraction of sp³-hybridized carbons (Fsp3) is 0.778. The van der Waals surface area contributed by atoms with Gasteiger partial charge >= 0.3 is 0 Å². The SMILES string of the molecule is C=CCCC[C@@H]1CNC[C@H]1O. The minimum Gasteiger partial charge on any atom is -0.391 e. The van der Waals surface area contributed by atoms with Crippen LogP contribution in [0.4, 0.5) is 0 Å². The van der Waals surface area contributed by atoms with E-state index in [1.807, 2.05) is 6.08 Å². The molecule has 1 aliphatic rings. The number of unbranched alkanes of at least 4 members (excludes halogenated alkanes) is 1.